The van der Waals surface area contributed by atoms with Crippen molar-refractivity contribution in [2.24, 2.45) is 5.73 Å². The van der Waals surface area contributed by atoms with Crippen LogP contribution >= 0.6 is 0 Å². The first-order valence-corrected chi connectivity index (χ1v) is 16.1. The van der Waals surface area contributed by atoms with E-state index < -0.39 is 23.7 Å². The molecule has 3 aromatic carbocycles. The number of amides is 3. The molecule has 0 spiro atoms. The summed E-state index contributed by atoms with van der Waals surface area (Å²) in [6.07, 6.45) is 5.17. The number of aliphatic hydroxyl groups excluding tert-OH is 1. The highest BCUT2D eigenvalue weighted by atomic mass is 16.3. The van der Waals surface area contributed by atoms with Crippen LogP contribution in [0, 0.1) is 0 Å². The molecule has 0 saturated heterocycles. The number of benzene rings is 3. The van der Waals surface area contributed by atoms with E-state index in [2.05, 4.69) is 5.32 Å². The first kappa shape index (κ1) is 36.2. The van der Waals surface area contributed by atoms with Gasteiger partial charge in [0.15, 0.2) is 0 Å². The summed E-state index contributed by atoms with van der Waals surface area (Å²) in [7, 11) is 3.22. The maximum absolute atomic E-state index is 14.3. The van der Waals surface area contributed by atoms with Crippen molar-refractivity contribution in [3.05, 3.63) is 108 Å². The van der Waals surface area contributed by atoms with Crippen molar-refractivity contribution in [3.8, 4) is 11.1 Å². The van der Waals surface area contributed by atoms with E-state index in [1.54, 1.807) is 27.1 Å². The van der Waals surface area contributed by atoms with Gasteiger partial charge in [0.05, 0.1) is 6.10 Å². The largest absolute Gasteiger partial charge is 0.392 e. The van der Waals surface area contributed by atoms with Gasteiger partial charge in [-0.2, -0.15) is 0 Å². The molecule has 0 unspecified atom stereocenters. The van der Waals surface area contributed by atoms with Gasteiger partial charge in [0.1, 0.15) is 12.1 Å². The number of carbonyl (C=O) groups is 3. The van der Waals surface area contributed by atoms with Gasteiger partial charge in [-0.05, 0) is 54.5 Å². The lowest BCUT2D eigenvalue weighted by atomic mass is 9.90. The Kier molecular flexibility index (Phi) is 13.7. The van der Waals surface area contributed by atoms with E-state index in [4.69, 9.17) is 5.73 Å². The van der Waals surface area contributed by atoms with E-state index >= 15 is 0 Å². The molecule has 0 bridgehead atoms. The summed E-state index contributed by atoms with van der Waals surface area (Å²) in [5, 5.41) is 12.6. The number of rotatable bonds is 16. The Morgan fingerprint density at radius 2 is 1.33 bits per heavy atom. The summed E-state index contributed by atoms with van der Waals surface area (Å²) in [6.45, 7) is 5.71. The van der Waals surface area contributed by atoms with E-state index in [0.29, 0.717) is 6.42 Å². The molecule has 3 rings (SSSR count). The number of aliphatic hydroxyl groups is 1. The van der Waals surface area contributed by atoms with Gasteiger partial charge in [-0.25, -0.2) is 0 Å². The van der Waals surface area contributed by atoms with Crippen molar-refractivity contribution in [2.45, 2.75) is 76.6 Å². The van der Waals surface area contributed by atoms with E-state index in [9.17, 15) is 19.5 Å². The van der Waals surface area contributed by atoms with Crippen LogP contribution in [0.3, 0.4) is 0 Å². The fourth-order valence-corrected chi connectivity index (χ4v) is 5.28. The molecule has 0 aromatic heterocycles. The van der Waals surface area contributed by atoms with Crippen molar-refractivity contribution >= 4 is 17.7 Å². The third-order valence-corrected chi connectivity index (χ3v) is 8.74. The van der Waals surface area contributed by atoms with Gasteiger partial charge < -0.3 is 26.0 Å². The second kappa shape index (κ2) is 17.4. The molecule has 46 heavy (non-hydrogen) atoms. The van der Waals surface area contributed by atoms with E-state index in [1.807, 2.05) is 98.8 Å². The average Bonchev–Trinajstić information content (AvgIpc) is 3.08. The van der Waals surface area contributed by atoms with Gasteiger partial charge in [-0.15, -0.1) is 0 Å². The molecule has 0 aliphatic rings. The summed E-state index contributed by atoms with van der Waals surface area (Å²) in [5.74, 6) is -1.06. The molecular weight excluding hydrogens is 576 g/mol. The molecule has 8 heteroatoms. The van der Waals surface area contributed by atoms with E-state index in [-0.39, 0.29) is 37.1 Å². The first-order valence-electron chi connectivity index (χ1n) is 16.1. The fourth-order valence-electron chi connectivity index (χ4n) is 5.28. The van der Waals surface area contributed by atoms with Crippen LogP contribution < -0.4 is 11.1 Å². The SMILES string of the molecule is CCC(N)(CC)C/C=C/C(=O)N(C)[C@H](Cc1ccc(-c2ccccc2)cc1)C(=O)N(C)[C@H](Cc1ccccc1)C(=O)NC[C@@H](C)O. The van der Waals surface area contributed by atoms with Crippen LogP contribution in [0.15, 0.2) is 97.1 Å². The number of nitrogens with two attached hydrogens (primary N) is 1. The predicted octanol–water partition coefficient (Wildman–Crippen LogP) is 4.75. The topological polar surface area (TPSA) is 116 Å². The van der Waals surface area contributed by atoms with Crippen molar-refractivity contribution in [2.75, 3.05) is 20.6 Å². The molecule has 0 saturated carbocycles. The van der Waals surface area contributed by atoms with Gasteiger partial charge in [0.2, 0.25) is 17.7 Å². The van der Waals surface area contributed by atoms with Crippen molar-refractivity contribution < 1.29 is 19.5 Å². The normalized spacial score (nSPS) is 13.5. The summed E-state index contributed by atoms with van der Waals surface area (Å²) < 4.78 is 0. The number of hydrogen-bond donors (Lipinski definition) is 3. The minimum absolute atomic E-state index is 0.0602. The summed E-state index contributed by atoms with van der Waals surface area (Å²) in [5.41, 5.74) is 9.95. The lowest BCUT2D eigenvalue weighted by molar-refractivity contribution is -0.146. The number of likely N-dealkylation sites (N-methyl/N-ethyl adjacent to an activating group) is 2. The quantitative estimate of drug-likeness (QED) is 0.199. The zero-order valence-electron chi connectivity index (χ0n) is 27.9. The van der Waals surface area contributed by atoms with Crippen LogP contribution in [0.5, 0.6) is 0 Å². The van der Waals surface area contributed by atoms with Gasteiger partial charge in [0.25, 0.3) is 0 Å². The summed E-state index contributed by atoms with van der Waals surface area (Å²) in [4.78, 5) is 44.1. The number of nitrogens with one attached hydrogen (secondary N) is 1. The molecule has 0 aliphatic heterocycles. The fraction of sp³-hybridized carbons (Fsp3) is 0.395. The highest BCUT2D eigenvalue weighted by Gasteiger charge is 2.35. The van der Waals surface area contributed by atoms with Crippen LogP contribution in [0.1, 0.15) is 51.2 Å². The lowest BCUT2D eigenvalue weighted by Crippen LogP contribution is -2.56. The molecule has 0 aliphatic carbocycles. The Bertz CT molecular complexity index is 1420. The Hall–Kier alpha value is -4.27. The van der Waals surface area contributed by atoms with Gasteiger partial charge in [-0.3, -0.25) is 14.4 Å². The highest BCUT2D eigenvalue weighted by molar-refractivity contribution is 5.95. The van der Waals surface area contributed by atoms with Gasteiger partial charge in [0, 0.05) is 39.0 Å². The standard InChI is InChI=1S/C38H50N4O4/c1-6-38(39,7-2)24-14-19-35(44)41(4)34(26-30-20-22-32(23-21-30)31-17-12-9-13-18-31)37(46)42(5)33(36(45)40-27-28(3)43)25-29-15-10-8-11-16-29/h8-23,28,33-34,43H,6-7,24-27,39H2,1-5H3,(H,40,45)/b19-14+/t28-,33-,34-/m1/s1. The van der Waals surface area contributed by atoms with Gasteiger partial charge in [-0.1, -0.05) is 105 Å². The molecule has 4 N–H and O–H groups in total. The molecule has 0 radical (unpaired) electrons. The maximum Gasteiger partial charge on any atom is 0.246 e. The van der Waals surface area contributed by atoms with E-state index in [0.717, 1.165) is 35.1 Å². The number of hydrogen-bond acceptors (Lipinski definition) is 5. The number of nitrogens with zero attached hydrogens (tertiary/aromatic N) is 2. The predicted molar refractivity (Wildman–Crippen MR) is 185 cm³/mol. The van der Waals surface area contributed by atoms with Crippen LogP contribution in [-0.4, -0.2) is 77.0 Å². The molecule has 246 valence electrons. The molecule has 3 atom stereocenters. The molecule has 3 amide bonds. The molecular formula is C38H50N4O4. The van der Waals surface area contributed by atoms with Crippen molar-refractivity contribution in [3.63, 3.8) is 0 Å². The monoisotopic (exact) mass is 626 g/mol. The van der Waals surface area contributed by atoms with Crippen LogP contribution in [-0.2, 0) is 27.2 Å². The molecule has 0 fully saturated rings. The summed E-state index contributed by atoms with van der Waals surface area (Å²) >= 11 is 0. The maximum atomic E-state index is 14.3. The zero-order valence-corrected chi connectivity index (χ0v) is 27.9. The van der Waals surface area contributed by atoms with Crippen LogP contribution in [0.2, 0.25) is 0 Å². The second-order valence-electron chi connectivity index (χ2n) is 12.2. The summed E-state index contributed by atoms with van der Waals surface area (Å²) in [6, 6.07) is 25.7. The van der Waals surface area contributed by atoms with Gasteiger partial charge >= 0.3 is 0 Å². The third-order valence-electron chi connectivity index (χ3n) is 8.74. The Balaban J connectivity index is 1.93. The Morgan fingerprint density at radius 1 is 0.804 bits per heavy atom. The minimum atomic E-state index is -0.882. The number of carbonyl (C=O) groups excluding carboxylic acids is 3. The van der Waals surface area contributed by atoms with E-state index in [1.165, 1.54) is 15.9 Å². The zero-order chi connectivity index (χ0) is 33.7. The van der Waals surface area contributed by atoms with Crippen LogP contribution in [0.4, 0.5) is 0 Å². The average molecular weight is 627 g/mol. The first-order chi connectivity index (χ1) is 22.0. The Morgan fingerprint density at radius 3 is 1.89 bits per heavy atom. The lowest BCUT2D eigenvalue weighted by Gasteiger charge is -2.34. The molecule has 0 heterocycles. The third kappa shape index (κ3) is 10.4. The molecule has 3 aromatic rings. The molecule has 8 nitrogen and oxygen atoms in total. The van der Waals surface area contributed by atoms with Crippen molar-refractivity contribution in [1.29, 1.82) is 0 Å². The smallest absolute Gasteiger partial charge is 0.246 e. The van der Waals surface area contributed by atoms with Crippen molar-refractivity contribution in [1.82, 2.24) is 15.1 Å². The second-order valence-corrected chi connectivity index (χ2v) is 12.2. The van der Waals surface area contributed by atoms with Crippen LogP contribution in [0.25, 0.3) is 11.1 Å². The minimum Gasteiger partial charge on any atom is -0.392 e. The highest BCUT2D eigenvalue weighted by Crippen LogP contribution is 2.22. The Labute approximate surface area is 274 Å².